The molecule has 0 amide bonds. The maximum atomic E-state index is 12.4. The highest BCUT2D eigenvalue weighted by molar-refractivity contribution is 9.11. The standard InChI is InChI=1S/C12H11BrClNO3S2/c1-7-11(6-12(13)19-7)20(16,17)15-10-5-8(18-2)3-4-9(10)14/h3-6,15H,1-2H3. The van der Waals surface area contributed by atoms with Gasteiger partial charge in [0.05, 0.1) is 21.6 Å². The first kappa shape index (κ1) is 15.6. The van der Waals surface area contributed by atoms with E-state index < -0.39 is 10.0 Å². The van der Waals surface area contributed by atoms with E-state index in [9.17, 15) is 8.42 Å². The van der Waals surface area contributed by atoms with Gasteiger partial charge in [-0.2, -0.15) is 0 Å². The van der Waals surface area contributed by atoms with Crippen LogP contribution in [0.5, 0.6) is 5.75 Å². The zero-order valence-corrected chi connectivity index (χ0v) is 14.6. The molecule has 0 saturated carbocycles. The van der Waals surface area contributed by atoms with Crippen LogP contribution in [0, 0.1) is 6.92 Å². The lowest BCUT2D eigenvalue weighted by atomic mass is 10.3. The van der Waals surface area contributed by atoms with E-state index in [0.29, 0.717) is 15.6 Å². The SMILES string of the molecule is COc1ccc(Cl)c(NS(=O)(=O)c2cc(Br)sc2C)c1. The average molecular weight is 397 g/mol. The number of anilines is 1. The van der Waals surface area contributed by atoms with E-state index in [1.165, 1.54) is 24.5 Å². The Kier molecular flexibility index (Phi) is 4.63. The molecule has 0 radical (unpaired) electrons. The van der Waals surface area contributed by atoms with Gasteiger partial charge in [-0.25, -0.2) is 8.42 Å². The molecule has 0 saturated heterocycles. The van der Waals surface area contributed by atoms with Crippen molar-refractivity contribution in [2.24, 2.45) is 0 Å². The molecule has 1 aromatic heterocycles. The molecule has 2 aromatic rings. The quantitative estimate of drug-likeness (QED) is 0.839. The van der Waals surface area contributed by atoms with Gasteiger partial charge in [-0.1, -0.05) is 11.6 Å². The van der Waals surface area contributed by atoms with Crippen molar-refractivity contribution in [3.05, 3.63) is 38.0 Å². The molecule has 4 nitrogen and oxygen atoms in total. The van der Waals surface area contributed by atoms with E-state index in [4.69, 9.17) is 16.3 Å². The molecular weight excluding hydrogens is 386 g/mol. The van der Waals surface area contributed by atoms with E-state index in [-0.39, 0.29) is 10.6 Å². The summed E-state index contributed by atoms with van der Waals surface area (Å²) >= 11 is 10.6. The van der Waals surface area contributed by atoms with Crippen LogP contribution in [0.2, 0.25) is 5.02 Å². The Labute approximate surface area is 134 Å². The van der Waals surface area contributed by atoms with Crippen molar-refractivity contribution in [3.63, 3.8) is 0 Å². The molecule has 0 aliphatic rings. The molecular formula is C12H11BrClNO3S2. The highest BCUT2D eigenvalue weighted by Gasteiger charge is 2.20. The molecule has 2 rings (SSSR count). The summed E-state index contributed by atoms with van der Waals surface area (Å²) in [4.78, 5) is 0.927. The summed E-state index contributed by atoms with van der Waals surface area (Å²) in [5, 5.41) is 0.307. The maximum Gasteiger partial charge on any atom is 0.263 e. The first-order valence-corrected chi connectivity index (χ1v) is 8.93. The van der Waals surface area contributed by atoms with Gasteiger partial charge in [0, 0.05) is 10.9 Å². The third-order valence-corrected chi connectivity index (χ3v) is 6.05. The predicted molar refractivity (Wildman–Crippen MR) is 85.6 cm³/mol. The Balaban J connectivity index is 2.40. The number of methoxy groups -OCH3 is 1. The highest BCUT2D eigenvalue weighted by Crippen LogP contribution is 2.33. The number of ether oxygens (including phenoxy) is 1. The fraction of sp³-hybridized carbons (Fsp3) is 0.167. The highest BCUT2D eigenvalue weighted by atomic mass is 79.9. The van der Waals surface area contributed by atoms with Crippen molar-refractivity contribution in [2.75, 3.05) is 11.8 Å². The number of rotatable bonds is 4. The van der Waals surface area contributed by atoms with Gasteiger partial charge >= 0.3 is 0 Å². The number of halogens is 2. The summed E-state index contributed by atoms with van der Waals surface area (Å²) in [6.07, 6.45) is 0. The fourth-order valence-corrected chi connectivity index (χ4v) is 5.31. The number of benzene rings is 1. The van der Waals surface area contributed by atoms with Crippen molar-refractivity contribution in [1.29, 1.82) is 0 Å². The topological polar surface area (TPSA) is 55.4 Å². The van der Waals surface area contributed by atoms with Crippen LogP contribution in [0.25, 0.3) is 0 Å². The minimum Gasteiger partial charge on any atom is -0.497 e. The minimum atomic E-state index is -3.68. The maximum absolute atomic E-state index is 12.4. The molecule has 0 atom stereocenters. The average Bonchev–Trinajstić information content (AvgIpc) is 2.72. The second-order valence-electron chi connectivity index (χ2n) is 3.92. The van der Waals surface area contributed by atoms with E-state index >= 15 is 0 Å². The van der Waals surface area contributed by atoms with Gasteiger partial charge in [0.15, 0.2) is 0 Å². The summed E-state index contributed by atoms with van der Waals surface area (Å²) in [5.74, 6) is 0.523. The van der Waals surface area contributed by atoms with Crippen molar-refractivity contribution in [1.82, 2.24) is 0 Å². The van der Waals surface area contributed by atoms with E-state index in [2.05, 4.69) is 20.7 Å². The first-order valence-electron chi connectivity index (χ1n) is 5.46. The second kappa shape index (κ2) is 5.93. The number of hydrogen-bond acceptors (Lipinski definition) is 4. The van der Waals surface area contributed by atoms with Crippen molar-refractivity contribution >= 4 is 54.6 Å². The largest absolute Gasteiger partial charge is 0.497 e. The van der Waals surface area contributed by atoms with Gasteiger partial charge in [-0.05, 0) is 41.1 Å². The molecule has 0 unspecified atom stereocenters. The first-order chi connectivity index (χ1) is 9.33. The number of hydrogen-bond donors (Lipinski definition) is 1. The lowest BCUT2D eigenvalue weighted by Gasteiger charge is -2.10. The second-order valence-corrected chi connectivity index (χ2v) is 8.62. The Morgan fingerprint density at radius 2 is 2.05 bits per heavy atom. The van der Waals surface area contributed by atoms with Crippen LogP contribution in [0.3, 0.4) is 0 Å². The fourth-order valence-electron chi connectivity index (χ4n) is 1.61. The number of nitrogens with one attached hydrogen (secondary N) is 1. The van der Waals surface area contributed by atoms with Gasteiger partial charge < -0.3 is 4.74 Å². The third kappa shape index (κ3) is 3.28. The van der Waals surface area contributed by atoms with Crippen molar-refractivity contribution in [2.45, 2.75) is 11.8 Å². The van der Waals surface area contributed by atoms with Crippen LogP contribution in [0.4, 0.5) is 5.69 Å². The van der Waals surface area contributed by atoms with E-state index in [1.54, 1.807) is 25.1 Å². The van der Waals surface area contributed by atoms with Crippen LogP contribution in [-0.4, -0.2) is 15.5 Å². The van der Waals surface area contributed by atoms with Gasteiger partial charge in [0.25, 0.3) is 10.0 Å². The van der Waals surface area contributed by atoms with Gasteiger partial charge in [0.2, 0.25) is 0 Å². The van der Waals surface area contributed by atoms with Crippen molar-refractivity contribution < 1.29 is 13.2 Å². The molecule has 0 fully saturated rings. The summed E-state index contributed by atoms with van der Waals surface area (Å²) in [6, 6.07) is 6.34. The monoisotopic (exact) mass is 395 g/mol. The number of thiophene rings is 1. The molecule has 1 N–H and O–H groups in total. The van der Waals surface area contributed by atoms with E-state index in [1.807, 2.05) is 0 Å². The summed E-state index contributed by atoms with van der Waals surface area (Å²) in [7, 11) is -2.18. The zero-order valence-electron chi connectivity index (χ0n) is 10.6. The lowest BCUT2D eigenvalue weighted by Crippen LogP contribution is -2.13. The molecule has 20 heavy (non-hydrogen) atoms. The molecule has 8 heteroatoms. The molecule has 1 aromatic carbocycles. The summed E-state index contributed by atoms with van der Waals surface area (Å²) in [5.41, 5.74) is 0.285. The number of sulfonamides is 1. The molecule has 1 heterocycles. The smallest absolute Gasteiger partial charge is 0.263 e. The molecule has 108 valence electrons. The predicted octanol–water partition coefficient (Wildman–Crippen LogP) is 4.28. The molecule has 0 spiro atoms. The zero-order chi connectivity index (χ0) is 14.9. The van der Waals surface area contributed by atoms with Gasteiger partial charge in [0.1, 0.15) is 10.6 Å². The van der Waals surface area contributed by atoms with Crippen molar-refractivity contribution in [3.8, 4) is 5.75 Å². The van der Waals surface area contributed by atoms with Crippen LogP contribution < -0.4 is 9.46 Å². The van der Waals surface area contributed by atoms with Crippen LogP contribution >= 0.6 is 38.9 Å². The summed E-state index contributed by atoms with van der Waals surface area (Å²) < 4.78 is 33.0. The Morgan fingerprint density at radius 1 is 1.35 bits per heavy atom. The summed E-state index contributed by atoms with van der Waals surface area (Å²) in [6.45, 7) is 1.75. The Hall–Kier alpha value is -0.760. The molecule has 0 aliphatic carbocycles. The van der Waals surface area contributed by atoms with Gasteiger partial charge in [-0.15, -0.1) is 11.3 Å². The van der Waals surface area contributed by atoms with Crippen LogP contribution in [0.15, 0.2) is 32.9 Å². The lowest BCUT2D eigenvalue weighted by molar-refractivity contribution is 0.415. The van der Waals surface area contributed by atoms with E-state index in [0.717, 1.165) is 3.79 Å². The normalized spacial score (nSPS) is 11.4. The van der Waals surface area contributed by atoms with Gasteiger partial charge in [-0.3, -0.25) is 4.72 Å². The molecule has 0 aliphatic heterocycles. The minimum absolute atomic E-state index is 0.230. The number of aryl methyl sites for hydroxylation is 1. The Morgan fingerprint density at radius 3 is 2.60 bits per heavy atom. The van der Waals surface area contributed by atoms with Crippen LogP contribution in [-0.2, 0) is 10.0 Å². The van der Waals surface area contributed by atoms with Crippen LogP contribution in [0.1, 0.15) is 4.88 Å². The Bertz CT molecular complexity index is 743. The molecule has 0 bridgehead atoms. The third-order valence-electron chi connectivity index (χ3n) is 2.55.